The van der Waals surface area contributed by atoms with Crippen LogP contribution in [0.5, 0.6) is 0 Å². The SMILES string of the molecule is CCCCCCCCCCCCCCCCCC(=O)O[C@@H](COC(=O)CCCCCCCCCCCCCCCCCCCCC(C)CC)COC(=O)CCCCCCCCCCCCCCCCC(C)C. The van der Waals surface area contributed by atoms with Gasteiger partial charge in [0.2, 0.25) is 0 Å². The van der Waals surface area contributed by atoms with Crippen molar-refractivity contribution < 1.29 is 28.6 Å². The molecule has 0 radical (unpaired) electrons. The molecular weight excluding hydrogens is 889 g/mol. The van der Waals surface area contributed by atoms with Gasteiger partial charge in [-0.15, -0.1) is 0 Å². The highest BCUT2D eigenvalue weighted by atomic mass is 16.6. The maximum atomic E-state index is 12.9. The van der Waals surface area contributed by atoms with Crippen LogP contribution in [-0.2, 0) is 28.6 Å². The molecule has 428 valence electrons. The molecule has 0 saturated heterocycles. The van der Waals surface area contributed by atoms with E-state index in [1.165, 1.54) is 263 Å². The molecule has 0 fully saturated rings. The lowest BCUT2D eigenvalue weighted by Crippen LogP contribution is -2.30. The molecule has 0 bridgehead atoms. The van der Waals surface area contributed by atoms with Crippen LogP contribution in [0.3, 0.4) is 0 Å². The second-order valence-corrected chi connectivity index (χ2v) is 23.5. The average molecular weight is 1020 g/mol. The fraction of sp³-hybridized carbons (Fsp3) is 0.955. The van der Waals surface area contributed by atoms with E-state index in [4.69, 9.17) is 14.2 Å². The normalized spacial score (nSPS) is 12.4. The van der Waals surface area contributed by atoms with Gasteiger partial charge in [0.25, 0.3) is 0 Å². The van der Waals surface area contributed by atoms with Crippen molar-refractivity contribution in [2.24, 2.45) is 11.8 Å². The fourth-order valence-electron chi connectivity index (χ4n) is 10.3. The van der Waals surface area contributed by atoms with Crippen LogP contribution in [0, 0.1) is 11.8 Å². The van der Waals surface area contributed by atoms with Crippen LogP contribution in [0.2, 0.25) is 0 Å². The Kier molecular flexibility index (Phi) is 57.4. The number of carbonyl (C=O) groups is 3. The van der Waals surface area contributed by atoms with Crippen LogP contribution in [0.25, 0.3) is 0 Å². The molecule has 0 heterocycles. The molecule has 0 aromatic carbocycles. The minimum atomic E-state index is -0.764. The lowest BCUT2D eigenvalue weighted by molar-refractivity contribution is -0.167. The number of hydrogen-bond acceptors (Lipinski definition) is 6. The lowest BCUT2D eigenvalue weighted by atomic mass is 9.99. The molecular formula is C66H128O6. The summed E-state index contributed by atoms with van der Waals surface area (Å²) in [6.07, 6.45) is 65.3. The summed E-state index contributed by atoms with van der Waals surface area (Å²) < 4.78 is 17.0. The Morgan fingerprint density at radius 2 is 0.528 bits per heavy atom. The minimum absolute atomic E-state index is 0.0616. The Hall–Kier alpha value is -1.59. The molecule has 0 aliphatic rings. The van der Waals surface area contributed by atoms with E-state index in [2.05, 4.69) is 34.6 Å². The summed E-state index contributed by atoms with van der Waals surface area (Å²) >= 11 is 0. The third kappa shape index (κ3) is 57.7. The summed E-state index contributed by atoms with van der Waals surface area (Å²) in [6, 6.07) is 0. The average Bonchev–Trinajstić information content (AvgIpc) is 3.37. The van der Waals surface area contributed by atoms with Crippen LogP contribution >= 0.6 is 0 Å². The highest BCUT2D eigenvalue weighted by Gasteiger charge is 2.19. The predicted octanol–water partition coefficient (Wildman–Crippen LogP) is 22.0. The molecule has 0 amide bonds. The van der Waals surface area contributed by atoms with Gasteiger partial charge in [0.15, 0.2) is 6.10 Å². The first kappa shape index (κ1) is 70.4. The Bertz CT molecular complexity index is 1110. The second kappa shape index (κ2) is 58.7. The third-order valence-electron chi connectivity index (χ3n) is 15.6. The van der Waals surface area contributed by atoms with E-state index in [0.717, 1.165) is 69.6 Å². The predicted molar refractivity (Wildman–Crippen MR) is 312 cm³/mol. The van der Waals surface area contributed by atoms with E-state index in [0.29, 0.717) is 19.3 Å². The first-order valence-corrected chi connectivity index (χ1v) is 32.8. The minimum Gasteiger partial charge on any atom is -0.462 e. The molecule has 0 rings (SSSR count). The first-order valence-electron chi connectivity index (χ1n) is 32.8. The lowest BCUT2D eigenvalue weighted by Gasteiger charge is -2.18. The van der Waals surface area contributed by atoms with Crippen molar-refractivity contribution in [1.29, 1.82) is 0 Å². The van der Waals surface area contributed by atoms with Gasteiger partial charge in [0.05, 0.1) is 0 Å². The van der Waals surface area contributed by atoms with Gasteiger partial charge >= 0.3 is 17.9 Å². The number of unbranched alkanes of at least 4 members (excludes halogenated alkanes) is 44. The molecule has 2 atom stereocenters. The van der Waals surface area contributed by atoms with Crippen LogP contribution < -0.4 is 0 Å². The first-order chi connectivity index (χ1) is 35.3. The van der Waals surface area contributed by atoms with Crippen LogP contribution in [0.4, 0.5) is 0 Å². The van der Waals surface area contributed by atoms with Crippen molar-refractivity contribution in [1.82, 2.24) is 0 Å². The van der Waals surface area contributed by atoms with Crippen molar-refractivity contribution in [2.45, 2.75) is 381 Å². The molecule has 0 aromatic rings. The quantitative estimate of drug-likeness (QED) is 0.0343. The van der Waals surface area contributed by atoms with Gasteiger partial charge in [-0.05, 0) is 31.1 Å². The van der Waals surface area contributed by atoms with Gasteiger partial charge < -0.3 is 14.2 Å². The maximum absolute atomic E-state index is 12.9. The highest BCUT2D eigenvalue weighted by molar-refractivity contribution is 5.71. The number of carbonyl (C=O) groups excluding carboxylic acids is 3. The van der Waals surface area contributed by atoms with Gasteiger partial charge in [-0.25, -0.2) is 0 Å². The number of rotatable bonds is 60. The van der Waals surface area contributed by atoms with Crippen molar-refractivity contribution >= 4 is 17.9 Å². The zero-order valence-corrected chi connectivity index (χ0v) is 49.6. The fourth-order valence-corrected chi connectivity index (χ4v) is 10.3. The summed E-state index contributed by atoms with van der Waals surface area (Å²) in [5, 5.41) is 0. The van der Waals surface area contributed by atoms with Gasteiger partial charge in [-0.3, -0.25) is 14.4 Å². The van der Waals surface area contributed by atoms with E-state index < -0.39 is 6.10 Å². The summed E-state index contributed by atoms with van der Waals surface area (Å²) in [5.74, 6) is 0.925. The summed E-state index contributed by atoms with van der Waals surface area (Å²) in [6.45, 7) is 11.5. The van der Waals surface area contributed by atoms with Gasteiger partial charge in [-0.2, -0.15) is 0 Å². The number of esters is 3. The van der Waals surface area contributed by atoms with Gasteiger partial charge in [0, 0.05) is 19.3 Å². The molecule has 0 aromatic heterocycles. The Balaban J connectivity index is 4.25. The van der Waals surface area contributed by atoms with Gasteiger partial charge in [0.1, 0.15) is 13.2 Å². The molecule has 6 nitrogen and oxygen atoms in total. The van der Waals surface area contributed by atoms with E-state index in [1.807, 2.05) is 0 Å². The number of hydrogen-bond donors (Lipinski definition) is 0. The van der Waals surface area contributed by atoms with Crippen molar-refractivity contribution in [3.05, 3.63) is 0 Å². The van der Waals surface area contributed by atoms with E-state index >= 15 is 0 Å². The van der Waals surface area contributed by atoms with E-state index in [9.17, 15) is 14.4 Å². The molecule has 1 unspecified atom stereocenters. The second-order valence-electron chi connectivity index (χ2n) is 23.5. The molecule has 72 heavy (non-hydrogen) atoms. The van der Waals surface area contributed by atoms with Crippen LogP contribution in [0.15, 0.2) is 0 Å². The smallest absolute Gasteiger partial charge is 0.306 e. The Morgan fingerprint density at radius 3 is 0.792 bits per heavy atom. The monoisotopic (exact) mass is 1020 g/mol. The van der Waals surface area contributed by atoms with Crippen molar-refractivity contribution in [2.75, 3.05) is 13.2 Å². The molecule has 0 saturated carbocycles. The standard InChI is InChI=1S/C66H128O6/c1-6-8-9-10-11-12-13-14-19-28-33-38-43-48-53-58-66(69)72-63(60-71-65(68)57-52-47-42-37-32-27-23-22-24-29-34-39-44-49-54-61(3)4)59-70-64(67)56-51-46-41-36-31-26-21-18-16-15-17-20-25-30-35-40-45-50-55-62(5)7-2/h61-63H,6-60H2,1-5H3/t62?,63-/m0/s1. The summed E-state index contributed by atoms with van der Waals surface area (Å²) in [5.41, 5.74) is 0. The zero-order valence-electron chi connectivity index (χ0n) is 49.6. The van der Waals surface area contributed by atoms with Crippen LogP contribution in [0.1, 0.15) is 375 Å². The summed E-state index contributed by atoms with van der Waals surface area (Å²) in [7, 11) is 0. The van der Waals surface area contributed by atoms with E-state index in [1.54, 1.807) is 0 Å². The Labute approximate surface area is 450 Å². The van der Waals surface area contributed by atoms with Crippen molar-refractivity contribution in [3.63, 3.8) is 0 Å². The maximum Gasteiger partial charge on any atom is 0.306 e. The Morgan fingerprint density at radius 1 is 0.292 bits per heavy atom. The topological polar surface area (TPSA) is 78.9 Å². The number of ether oxygens (including phenoxy) is 3. The van der Waals surface area contributed by atoms with Gasteiger partial charge in [-0.1, -0.05) is 336 Å². The molecule has 6 heteroatoms. The third-order valence-corrected chi connectivity index (χ3v) is 15.6. The molecule has 0 aliphatic heterocycles. The van der Waals surface area contributed by atoms with E-state index in [-0.39, 0.29) is 31.1 Å². The van der Waals surface area contributed by atoms with Crippen molar-refractivity contribution in [3.8, 4) is 0 Å². The highest BCUT2D eigenvalue weighted by Crippen LogP contribution is 2.19. The molecule has 0 spiro atoms. The molecule has 0 N–H and O–H groups in total. The largest absolute Gasteiger partial charge is 0.462 e. The van der Waals surface area contributed by atoms with Crippen LogP contribution in [-0.4, -0.2) is 37.2 Å². The molecule has 0 aliphatic carbocycles. The summed E-state index contributed by atoms with van der Waals surface area (Å²) in [4.78, 5) is 38.3. The zero-order chi connectivity index (χ0) is 52.5.